The molecule has 0 heterocycles. The Morgan fingerprint density at radius 2 is 1.78 bits per heavy atom. The maximum atomic E-state index is 11.8. The van der Waals surface area contributed by atoms with Gasteiger partial charge >= 0.3 is 5.97 Å². The lowest BCUT2D eigenvalue weighted by Gasteiger charge is -2.28. The van der Waals surface area contributed by atoms with Gasteiger partial charge in [0, 0.05) is 0 Å². The molecule has 18 heavy (non-hydrogen) atoms. The third-order valence-electron chi connectivity index (χ3n) is 3.33. The van der Waals surface area contributed by atoms with Crippen LogP contribution in [-0.2, 0) is 14.0 Å². The first-order valence-electron chi connectivity index (χ1n) is 7.00. The summed E-state index contributed by atoms with van der Waals surface area (Å²) in [6.45, 7) is 15.3. The van der Waals surface area contributed by atoms with E-state index < -0.39 is 9.04 Å². The zero-order valence-electron chi connectivity index (χ0n) is 13.1. The SMILES string of the molecule is CCOC(=O)C(CC[C@@H](C)C(C)(C)C)O[SiH](C)C. The number of esters is 1. The van der Waals surface area contributed by atoms with Crippen LogP contribution in [0.1, 0.15) is 47.5 Å². The van der Waals surface area contributed by atoms with Crippen molar-refractivity contribution in [1.82, 2.24) is 0 Å². The molecule has 0 aliphatic heterocycles. The number of ether oxygens (including phenoxy) is 1. The van der Waals surface area contributed by atoms with Crippen LogP contribution < -0.4 is 0 Å². The van der Waals surface area contributed by atoms with Gasteiger partial charge in [-0.05, 0) is 44.2 Å². The van der Waals surface area contributed by atoms with Crippen molar-refractivity contribution in [3.63, 3.8) is 0 Å². The van der Waals surface area contributed by atoms with Crippen molar-refractivity contribution >= 4 is 15.0 Å². The van der Waals surface area contributed by atoms with Gasteiger partial charge in [0.2, 0.25) is 0 Å². The van der Waals surface area contributed by atoms with Crippen LogP contribution in [-0.4, -0.2) is 27.7 Å². The fourth-order valence-electron chi connectivity index (χ4n) is 1.64. The fraction of sp³-hybridized carbons (Fsp3) is 0.929. The van der Waals surface area contributed by atoms with E-state index in [2.05, 4.69) is 40.8 Å². The molecule has 0 aliphatic carbocycles. The molecule has 4 heteroatoms. The summed E-state index contributed by atoms with van der Waals surface area (Å²) >= 11 is 0. The monoisotopic (exact) mass is 274 g/mol. The maximum absolute atomic E-state index is 11.8. The smallest absolute Gasteiger partial charge is 0.333 e. The molecule has 0 bridgehead atoms. The Bertz CT molecular complexity index is 246. The Hall–Kier alpha value is -0.353. The van der Waals surface area contributed by atoms with Crippen LogP contribution in [0.4, 0.5) is 0 Å². The second kappa shape index (κ2) is 7.95. The van der Waals surface area contributed by atoms with E-state index in [0.717, 1.165) is 12.8 Å². The highest BCUT2D eigenvalue weighted by atomic mass is 28.3. The molecule has 0 rings (SSSR count). The summed E-state index contributed by atoms with van der Waals surface area (Å²) < 4.78 is 10.9. The van der Waals surface area contributed by atoms with E-state index in [-0.39, 0.29) is 17.5 Å². The predicted octanol–water partition coefficient (Wildman–Crippen LogP) is 3.38. The molecule has 0 fully saturated rings. The minimum atomic E-state index is -1.22. The van der Waals surface area contributed by atoms with Gasteiger partial charge in [0.1, 0.15) is 6.10 Å². The van der Waals surface area contributed by atoms with Crippen molar-refractivity contribution < 1.29 is 14.0 Å². The molecule has 0 aliphatic rings. The topological polar surface area (TPSA) is 35.5 Å². The van der Waals surface area contributed by atoms with Gasteiger partial charge in [-0.25, -0.2) is 4.79 Å². The van der Waals surface area contributed by atoms with Crippen LogP contribution in [0, 0.1) is 11.3 Å². The molecule has 0 aromatic heterocycles. The number of hydrogen-bond donors (Lipinski definition) is 0. The first-order valence-corrected chi connectivity index (χ1v) is 9.78. The summed E-state index contributed by atoms with van der Waals surface area (Å²) in [7, 11) is -1.22. The standard InChI is InChI=1S/C14H30O3Si/c1-8-16-13(15)12(17-18(6)7)10-9-11(2)14(3,4)5/h11-12,18H,8-10H2,1-7H3/t11-,12?/m1/s1. The number of hydrogen-bond acceptors (Lipinski definition) is 3. The van der Waals surface area contributed by atoms with Gasteiger partial charge in [-0.3, -0.25) is 0 Å². The van der Waals surface area contributed by atoms with Crippen molar-refractivity contribution in [3.8, 4) is 0 Å². The highest BCUT2D eigenvalue weighted by Crippen LogP contribution is 2.29. The molecule has 108 valence electrons. The molecular formula is C14H30O3Si. The maximum Gasteiger partial charge on any atom is 0.333 e. The van der Waals surface area contributed by atoms with Gasteiger partial charge in [0.25, 0.3) is 0 Å². The summed E-state index contributed by atoms with van der Waals surface area (Å²) in [4.78, 5) is 11.8. The zero-order valence-corrected chi connectivity index (χ0v) is 14.2. The molecule has 3 nitrogen and oxygen atoms in total. The third kappa shape index (κ3) is 7.16. The lowest BCUT2D eigenvalue weighted by atomic mass is 9.79. The van der Waals surface area contributed by atoms with Crippen molar-refractivity contribution in [1.29, 1.82) is 0 Å². The highest BCUT2D eigenvalue weighted by molar-refractivity contribution is 6.48. The van der Waals surface area contributed by atoms with Gasteiger partial charge in [-0.2, -0.15) is 0 Å². The van der Waals surface area contributed by atoms with E-state index in [9.17, 15) is 4.79 Å². The van der Waals surface area contributed by atoms with Gasteiger partial charge in [0.15, 0.2) is 9.04 Å². The Morgan fingerprint density at radius 3 is 2.17 bits per heavy atom. The number of carbonyl (C=O) groups is 1. The number of rotatable bonds is 7. The minimum absolute atomic E-state index is 0.195. The van der Waals surface area contributed by atoms with Gasteiger partial charge < -0.3 is 9.16 Å². The molecular weight excluding hydrogens is 244 g/mol. The van der Waals surface area contributed by atoms with Crippen LogP contribution in [0.3, 0.4) is 0 Å². The minimum Gasteiger partial charge on any atom is -0.464 e. The lowest BCUT2D eigenvalue weighted by Crippen LogP contribution is -2.32. The third-order valence-corrected chi connectivity index (χ3v) is 4.20. The average molecular weight is 274 g/mol. The van der Waals surface area contributed by atoms with Crippen LogP contribution in [0.2, 0.25) is 13.1 Å². The quantitative estimate of drug-likeness (QED) is 0.527. The predicted molar refractivity (Wildman–Crippen MR) is 78.2 cm³/mol. The van der Waals surface area contributed by atoms with Gasteiger partial charge in [-0.1, -0.05) is 27.7 Å². The molecule has 0 saturated carbocycles. The highest BCUT2D eigenvalue weighted by Gasteiger charge is 2.26. The van der Waals surface area contributed by atoms with Crippen LogP contribution in [0.15, 0.2) is 0 Å². The summed E-state index contributed by atoms with van der Waals surface area (Å²) in [6.07, 6.45) is 1.40. The van der Waals surface area contributed by atoms with E-state index >= 15 is 0 Å². The Morgan fingerprint density at radius 1 is 1.22 bits per heavy atom. The van der Waals surface area contributed by atoms with Crippen molar-refractivity contribution in [2.75, 3.05) is 6.61 Å². The Labute approximate surface area is 114 Å². The lowest BCUT2D eigenvalue weighted by molar-refractivity contribution is -0.152. The molecule has 0 saturated heterocycles. The van der Waals surface area contributed by atoms with Crippen LogP contribution >= 0.6 is 0 Å². The van der Waals surface area contributed by atoms with Gasteiger partial charge in [-0.15, -0.1) is 0 Å². The van der Waals surface area contributed by atoms with Crippen LogP contribution in [0.25, 0.3) is 0 Å². The molecule has 0 spiro atoms. The average Bonchev–Trinajstić information content (AvgIpc) is 2.22. The molecule has 2 atom stereocenters. The van der Waals surface area contributed by atoms with Crippen LogP contribution in [0.5, 0.6) is 0 Å². The summed E-state index contributed by atoms with van der Waals surface area (Å²) in [5.41, 5.74) is 0.272. The normalized spacial score (nSPS) is 15.6. The van der Waals surface area contributed by atoms with E-state index in [1.54, 1.807) is 0 Å². The molecule has 0 amide bonds. The second-order valence-electron chi connectivity index (χ2n) is 6.27. The van der Waals surface area contributed by atoms with E-state index in [0.29, 0.717) is 12.5 Å². The number of carbonyl (C=O) groups excluding carboxylic acids is 1. The van der Waals surface area contributed by atoms with Crippen molar-refractivity contribution in [3.05, 3.63) is 0 Å². The Kier molecular flexibility index (Phi) is 7.79. The first-order chi connectivity index (χ1) is 8.18. The van der Waals surface area contributed by atoms with Gasteiger partial charge in [0.05, 0.1) is 6.61 Å². The van der Waals surface area contributed by atoms with E-state index in [1.807, 2.05) is 6.92 Å². The summed E-state index contributed by atoms with van der Waals surface area (Å²) in [5, 5.41) is 0. The Balaban J connectivity index is 4.37. The van der Waals surface area contributed by atoms with E-state index in [1.165, 1.54) is 0 Å². The van der Waals surface area contributed by atoms with E-state index in [4.69, 9.17) is 9.16 Å². The first kappa shape index (κ1) is 17.6. The molecule has 1 unspecified atom stereocenters. The van der Waals surface area contributed by atoms with Crippen molar-refractivity contribution in [2.24, 2.45) is 11.3 Å². The molecule has 0 aromatic rings. The molecule has 0 radical (unpaired) electrons. The molecule has 0 aromatic carbocycles. The molecule has 0 N–H and O–H groups in total. The summed E-state index contributed by atoms with van der Waals surface area (Å²) in [6, 6.07) is 0. The largest absolute Gasteiger partial charge is 0.464 e. The second-order valence-corrected chi connectivity index (χ2v) is 8.64. The summed E-state index contributed by atoms with van der Waals surface area (Å²) in [5.74, 6) is 0.367. The zero-order chi connectivity index (χ0) is 14.3. The van der Waals surface area contributed by atoms with Crippen molar-refractivity contribution in [2.45, 2.75) is 66.7 Å². The fourth-order valence-corrected chi connectivity index (χ4v) is 2.54.